The second-order valence-corrected chi connectivity index (χ2v) is 4.67. The van der Waals surface area contributed by atoms with Crippen LogP contribution in [0.2, 0.25) is 0 Å². The Morgan fingerprint density at radius 3 is 2.86 bits per heavy atom. The van der Waals surface area contributed by atoms with E-state index in [9.17, 15) is 0 Å². The summed E-state index contributed by atoms with van der Waals surface area (Å²) in [5.74, 6) is 1.68. The lowest BCUT2D eigenvalue weighted by Crippen LogP contribution is -2.19. The van der Waals surface area contributed by atoms with E-state index in [4.69, 9.17) is 11.0 Å². The van der Waals surface area contributed by atoms with Crippen LogP contribution in [0.4, 0.5) is 17.6 Å². The van der Waals surface area contributed by atoms with Crippen LogP contribution in [0, 0.1) is 11.3 Å². The lowest BCUT2D eigenvalue weighted by atomic mass is 10.1. The lowest BCUT2D eigenvalue weighted by molar-refractivity contribution is 0.893. The van der Waals surface area contributed by atoms with Crippen molar-refractivity contribution in [1.29, 1.82) is 5.26 Å². The average molecular weight is 282 g/mol. The monoisotopic (exact) mass is 282 g/mol. The Kier molecular flexibility index (Phi) is 4.57. The van der Waals surface area contributed by atoms with Gasteiger partial charge in [0.2, 0.25) is 5.95 Å². The van der Waals surface area contributed by atoms with Crippen molar-refractivity contribution < 1.29 is 0 Å². The second kappa shape index (κ2) is 6.57. The van der Waals surface area contributed by atoms with Crippen LogP contribution in [0.25, 0.3) is 0 Å². The molecular weight excluding hydrogens is 264 g/mol. The van der Waals surface area contributed by atoms with E-state index in [1.54, 1.807) is 6.07 Å². The minimum Gasteiger partial charge on any atom is -0.370 e. The van der Waals surface area contributed by atoms with Crippen LogP contribution in [-0.2, 0) is 6.54 Å². The molecule has 0 aliphatic rings. The Balaban J connectivity index is 2.19. The van der Waals surface area contributed by atoms with Gasteiger partial charge in [0.1, 0.15) is 11.6 Å². The van der Waals surface area contributed by atoms with Crippen molar-refractivity contribution in [3.05, 3.63) is 41.5 Å². The largest absolute Gasteiger partial charge is 0.370 e. The smallest absolute Gasteiger partial charge is 0.223 e. The quantitative estimate of drug-likeness (QED) is 0.871. The Labute approximate surface area is 124 Å². The third-order valence-corrected chi connectivity index (χ3v) is 2.95. The van der Waals surface area contributed by atoms with Crippen LogP contribution in [0.1, 0.15) is 18.1 Å². The van der Waals surface area contributed by atoms with E-state index in [0.29, 0.717) is 17.9 Å². The fraction of sp³-hybridized carbons (Fsp3) is 0.267. The minimum atomic E-state index is 0.237. The molecule has 0 bridgehead atoms. The zero-order valence-electron chi connectivity index (χ0n) is 12.2. The van der Waals surface area contributed by atoms with E-state index in [1.165, 1.54) is 0 Å². The normalized spacial score (nSPS) is 9.95. The van der Waals surface area contributed by atoms with Crippen LogP contribution >= 0.6 is 0 Å². The number of nitrogen functional groups attached to an aromatic ring is 1. The second-order valence-electron chi connectivity index (χ2n) is 4.67. The number of hydrogen-bond acceptors (Lipinski definition) is 6. The summed E-state index contributed by atoms with van der Waals surface area (Å²) in [6.45, 7) is 3.40. The summed E-state index contributed by atoms with van der Waals surface area (Å²) in [6, 6.07) is 11.5. The maximum atomic E-state index is 8.94. The third-order valence-electron chi connectivity index (χ3n) is 2.95. The first kappa shape index (κ1) is 14.6. The number of anilines is 3. The lowest BCUT2D eigenvalue weighted by Gasteiger charge is -2.19. The Bertz CT molecular complexity index is 661. The number of hydrogen-bond donors (Lipinski definition) is 2. The van der Waals surface area contributed by atoms with Gasteiger partial charge in [0.25, 0.3) is 0 Å². The molecule has 1 heterocycles. The van der Waals surface area contributed by atoms with E-state index in [0.717, 1.165) is 17.9 Å². The Morgan fingerprint density at radius 2 is 2.14 bits per heavy atom. The summed E-state index contributed by atoms with van der Waals surface area (Å²) in [5.41, 5.74) is 7.42. The predicted octanol–water partition coefficient (Wildman–Crippen LogP) is 2.00. The molecule has 3 N–H and O–H groups in total. The number of nitriles is 1. The first-order valence-corrected chi connectivity index (χ1v) is 6.71. The number of rotatable bonds is 5. The third kappa shape index (κ3) is 3.83. The molecule has 0 amide bonds. The molecule has 1 aromatic heterocycles. The highest BCUT2D eigenvalue weighted by Gasteiger charge is 2.08. The molecular formula is C15H18N6. The fourth-order valence-electron chi connectivity index (χ4n) is 2.01. The summed E-state index contributed by atoms with van der Waals surface area (Å²) < 4.78 is 0. The molecule has 0 radical (unpaired) electrons. The summed E-state index contributed by atoms with van der Waals surface area (Å²) in [4.78, 5) is 10.3. The number of aromatic nitrogens is 2. The van der Waals surface area contributed by atoms with E-state index >= 15 is 0 Å². The molecule has 0 aliphatic carbocycles. The summed E-state index contributed by atoms with van der Waals surface area (Å²) in [6.07, 6.45) is 0. The van der Waals surface area contributed by atoms with Gasteiger partial charge in [0.05, 0.1) is 11.6 Å². The van der Waals surface area contributed by atoms with E-state index in [-0.39, 0.29) is 5.95 Å². The highest BCUT2D eigenvalue weighted by Crippen LogP contribution is 2.18. The van der Waals surface area contributed by atoms with E-state index < -0.39 is 0 Å². The molecule has 1 aromatic carbocycles. The van der Waals surface area contributed by atoms with Crippen molar-refractivity contribution in [2.45, 2.75) is 13.5 Å². The fourth-order valence-corrected chi connectivity index (χ4v) is 2.01. The van der Waals surface area contributed by atoms with E-state index in [1.807, 2.05) is 43.1 Å². The molecule has 2 rings (SSSR count). The van der Waals surface area contributed by atoms with Crippen molar-refractivity contribution in [2.24, 2.45) is 0 Å². The van der Waals surface area contributed by atoms with Crippen LogP contribution in [0.5, 0.6) is 0 Å². The summed E-state index contributed by atoms with van der Waals surface area (Å²) in [7, 11) is 1.93. The first-order chi connectivity index (χ1) is 10.1. The van der Waals surface area contributed by atoms with Gasteiger partial charge in [-0.2, -0.15) is 15.2 Å². The standard InChI is InChI=1S/C15H18N6/c1-3-18-13-8-14(20-15(17)19-13)21(2)10-12-6-4-5-11(7-12)9-16/h4-8H,3,10H2,1-2H3,(H3,17,18,19,20). The molecule has 6 heteroatoms. The SMILES string of the molecule is CCNc1cc(N(C)Cc2cccc(C#N)c2)nc(N)n1. The molecule has 6 nitrogen and oxygen atoms in total. The molecule has 108 valence electrons. The van der Waals surface area contributed by atoms with Gasteiger partial charge in [0.15, 0.2) is 0 Å². The van der Waals surface area contributed by atoms with Gasteiger partial charge in [-0.15, -0.1) is 0 Å². The van der Waals surface area contributed by atoms with Crippen molar-refractivity contribution in [1.82, 2.24) is 9.97 Å². The van der Waals surface area contributed by atoms with Gasteiger partial charge in [-0.05, 0) is 24.6 Å². The molecule has 2 aromatic rings. The Morgan fingerprint density at radius 1 is 1.33 bits per heavy atom. The van der Waals surface area contributed by atoms with Crippen molar-refractivity contribution in [3.63, 3.8) is 0 Å². The molecule has 0 unspecified atom stereocenters. The maximum Gasteiger partial charge on any atom is 0.223 e. The molecule has 0 atom stereocenters. The minimum absolute atomic E-state index is 0.237. The molecule has 0 spiro atoms. The van der Waals surface area contributed by atoms with Gasteiger partial charge >= 0.3 is 0 Å². The van der Waals surface area contributed by atoms with Crippen molar-refractivity contribution >= 4 is 17.6 Å². The summed E-state index contributed by atoms with van der Waals surface area (Å²) in [5, 5.41) is 12.1. The van der Waals surface area contributed by atoms with Crippen LogP contribution < -0.4 is 16.0 Å². The highest BCUT2D eigenvalue weighted by atomic mass is 15.2. The highest BCUT2D eigenvalue weighted by molar-refractivity contribution is 5.52. The molecule has 0 fully saturated rings. The number of benzene rings is 1. The predicted molar refractivity (Wildman–Crippen MR) is 83.9 cm³/mol. The molecule has 21 heavy (non-hydrogen) atoms. The summed E-state index contributed by atoms with van der Waals surface area (Å²) >= 11 is 0. The van der Waals surface area contributed by atoms with Crippen LogP contribution in [0.15, 0.2) is 30.3 Å². The topological polar surface area (TPSA) is 90.9 Å². The van der Waals surface area contributed by atoms with Gasteiger partial charge in [0, 0.05) is 26.2 Å². The number of nitrogens with one attached hydrogen (secondary N) is 1. The van der Waals surface area contributed by atoms with Gasteiger partial charge in [-0.3, -0.25) is 0 Å². The van der Waals surface area contributed by atoms with Crippen molar-refractivity contribution in [2.75, 3.05) is 29.5 Å². The zero-order chi connectivity index (χ0) is 15.2. The van der Waals surface area contributed by atoms with Crippen LogP contribution in [0.3, 0.4) is 0 Å². The number of nitrogens with zero attached hydrogens (tertiary/aromatic N) is 4. The molecule has 0 saturated heterocycles. The maximum absolute atomic E-state index is 8.94. The van der Waals surface area contributed by atoms with Crippen LogP contribution in [-0.4, -0.2) is 23.6 Å². The van der Waals surface area contributed by atoms with Gasteiger partial charge in [-0.1, -0.05) is 12.1 Å². The zero-order valence-corrected chi connectivity index (χ0v) is 12.2. The number of nitrogens with two attached hydrogens (primary N) is 1. The Hall–Kier alpha value is -2.81. The molecule has 0 saturated carbocycles. The van der Waals surface area contributed by atoms with E-state index in [2.05, 4.69) is 21.4 Å². The average Bonchev–Trinajstić information content (AvgIpc) is 2.47. The first-order valence-electron chi connectivity index (χ1n) is 6.71. The van der Waals surface area contributed by atoms with Gasteiger partial charge in [-0.25, -0.2) is 0 Å². The molecule has 0 aliphatic heterocycles. The van der Waals surface area contributed by atoms with Crippen molar-refractivity contribution in [3.8, 4) is 6.07 Å². The van der Waals surface area contributed by atoms with Gasteiger partial charge < -0.3 is 16.0 Å².